The first-order valence-corrected chi connectivity index (χ1v) is 8.82. The van der Waals surface area contributed by atoms with Crippen LogP contribution in [0.3, 0.4) is 0 Å². The van der Waals surface area contributed by atoms with Crippen LogP contribution in [0.1, 0.15) is 19.5 Å². The molecule has 1 atom stereocenters. The SMILES string of the molecule is CCN(CC)C(=O)n1cnc(S(=O)Cc2cn3cccnc3n2)n1. The second-order valence-electron chi connectivity index (χ2n) is 4.98. The molecule has 3 aromatic heterocycles. The standard InChI is InChI=1S/C14H17N7O2S/c1-3-19(4-2)14(22)21-10-16-13(18-21)24(23)9-11-8-20-7-5-6-15-12(20)17-11/h5-8,10H,3-4,9H2,1-2H3. The maximum absolute atomic E-state index is 12.4. The van der Waals surface area contributed by atoms with Gasteiger partial charge < -0.3 is 4.90 Å². The number of fused-ring (bicyclic) bond motifs is 1. The van der Waals surface area contributed by atoms with Gasteiger partial charge in [0.2, 0.25) is 10.9 Å². The van der Waals surface area contributed by atoms with Gasteiger partial charge in [0.25, 0.3) is 0 Å². The molecule has 3 rings (SSSR count). The molecule has 0 spiro atoms. The van der Waals surface area contributed by atoms with E-state index in [4.69, 9.17) is 0 Å². The molecule has 126 valence electrons. The minimum atomic E-state index is -1.49. The molecule has 0 radical (unpaired) electrons. The van der Waals surface area contributed by atoms with E-state index in [1.165, 1.54) is 6.33 Å². The fraction of sp³-hybridized carbons (Fsp3) is 0.357. The van der Waals surface area contributed by atoms with Crippen LogP contribution in [0.15, 0.2) is 36.1 Å². The summed E-state index contributed by atoms with van der Waals surface area (Å²) in [6, 6.07) is 1.50. The van der Waals surface area contributed by atoms with Crippen molar-refractivity contribution in [3.63, 3.8) is 0 Å². The number of carbonyl (C=O) groups is 1. The van der Waals surface area contributed by atoms with Crippen LogP contribution in [0.5, 0.6) is 0 Å². The van der Waals surface area contributed by atoms with Gasteiger partial charge in [0.05, 0.1) is 22.2 Å². The number of hydrogen-bond acceptors (Lipinski definition) is 6. The Morgan fingerprint density at radius 1 is 1.29 bits per heavy atom. The van der Waals surface area contributed by atoms with Crippen molar-refractivity contribution in [2.75, 3.05) is 13.1 Å². The largest absolute Gasteiger partial charge is 0.346 e. The van der Waals surface area contributed by atoms with Gasteiger partial charge in [-0.25, -0.2) is 19.7 Å². The molecule has 0 fully saturated rings. The van der Waals surface area contributed by atoms with Crippen molar-refractivity contribution in [1.29, 1.82) is 0 Å². The molecule has 0 N–H and O–H groups in total. The molecule has 0 aliphatic rings. The molecular weight excluding hydrogens is 330 g/mol. The molecule has 3 aromatic rings. The number of imidazole rings is 1. The van der Waals surface area contributed by atoms with Gasteiger partial charge in [0, 0.05) is 31.7 Å². The summed E-state index contributed by atoms with van der Waals surface area (Å²) in [5, 5.41) is 4.15. The van der Waals surface area contributed by atoms with Crippen molar-refractivity contribution >= 4 is 22.6 Å². The summed E-state index contributed by atoms with van der Waals surface area (Å²) in [5.41, 5.74) is 0.624. The van der Waals surface area contributed by atoms with Crippen LogP contribution >= 0.6 is 0 Å². The minimum Gasteiger partial charge on any atom is -0.323 e. The fourth-order valence-electron chi connectivity index (χ4n) is 2.23. The van der Waals surface area contributed by atoms with Gasteiger partial charge in [-0.3, -0.25) is 8.61 Å². The Kier molecular flexibility index (Phi) is 4.65. The lowest BCUT2D eigenvalue weighted by Gasteiger charge is -2.17. The molecule has 9 nitrogen and oxygen atoms in total. The molecule has 3 heterocycles. The third kappa shape index (κ3) is 3.18. The topological polar surface area (TPSA) is 98.3 Å². The zero-order valence-electron chi connectivity index (χ0n) is 13.4. The van der Waals surface area contributed by atoms with E-state index in [9.17, 15) is 9.00 Å². The van der Waals surface area contributed by atoms with Crippen molar-refractivity contribution in [3.8, 4) is 0 Å². The third-order valence-electron chi connectivity index (χ3n) is 3.47. The third-order valence-corrected chi connectivity index (χ3v) is 4.62. The van der Waals surface area contributed by atoms with Crippen molar-refractivity contribution in [3.05, 3.63) is 36.7 Å². The lowest BCUT2D eigenvalue weighted by Crippen LogP contribution is -2.34. The van der Waals surface area contributed by atoms with E-state index in [1.54, 1.807) is 27.8 Å². The number of carbonyl (C=O) groups excluding carboxylic acids is 1. The molecule has 10 heteroatoms. The summed E-state index contributed by atoms with van der Waals surface area (Å²) in [7, 11) is -1.49. The van der Waals surface area contributed by atoms with Gasteiger partial charge in [-0.1, -0.05) is 0 Å². The Bertz CT molecular complexity index is 851. The lowest BCUT2D eigenvalue weighted by atomic mass is 10.5. The summed E-state index contributed by atoms with van der Waals surface area (Å²) in [4.78, 5) is 26.2. The highest BCUT2D eigenvalue weighted by atomic mass is 32.2. The van der Waals surface area contributed by atoms with Crippen molar-refractivity contribution in [2.45, 2.75) is 24.8 Å². The first-order valence-electron chi connectivity index (χ1n) is 7.50. The first kappa shape index (κ1) is 16.2. The molecule has 0 aliphatic carbocycles. The van der Waals surface area contributed by atoms with E-state index in [0.29, 0.717) is 24.6 Å². The van der Waals surface area contributed by atoms with Crippen LogP contribution in [0.4, 0.5) is 4.79 Å². The number of aromatic nitrogens is 6. The van der Waals surface area contributed by atoms with Gasteiger partial charge in [-0.15, -0.1) is 5.10 Å². The molecule has 0 aromatic carbocycles. The predicted octanol–water partition coefficient (Wildman–Crippen LogP) is 0.939. The summed E-state index contributed by atoms with van der Waals surface area (Å²) < 4.78 is 15.3. The van der Waals surface area contributed by atoms with Gasteiger partial charge in [0.15, 0.2) is 0 Å². The Morgan fingerprint density at radius 2 is 2.08 bits per heavy atom. The second-order valence-corrected chi connectivity index (χ2v) is 6.32. The smallest absolute Gasteiger partial charge is 0.323 e. The number of rotatable bonds is 5. The number of nitrogens with zero attached hydrogens (tertiary/aromatic N) is 7. The van der Waals surface area contributed by atoms with E-state index in [-0.39, 0.29) is 16.9 Å². The molecule has 0 saturated carbocycles. The average molecular weight is 347 g/mol. The molecular formula is C14H17N7O2S. The van der Waals surface area contributed by atoms with Crippen LogP contribution in [0.2, 0.25) is 0 Å². The summed E-state index contributed by atoms with van der Waals surface area (Å²) in [6.07, 6.45) is 6.51. The van der Waals surface area contributed by atoms with Crippen LogP contribution in [-0.2, 0) is 16.6 Å². The zero-order chi connectivity index (χ0) is 17.1. The molecule has 1 unspecified atom stereocenters. The van der Waals surface area contributed by atoms with Crippen molar-refractivity contribution < 1.29 is 9.00 Å². The second kappa shape index (κ2) is 6.87. The maximum atomic E-state index is 12.4. The molecule has 0 saturated heterocycles. The molecule has 0 aliphatic heterocycles. The molecule has 0 bridgehead atoms. The van der Waals surface area contributed by atoms with Gasteiger partial charge >= 0.3 is 6.03 Å². The van der Waals surface area contributed by atoms with Gasteiger partial charge in [0.1, 0.15) is 6.33 Å². The highest BCUT2D eigenvalue weighted by Crippen LogP contribution is 2.09. The quantitative estimate of drug-likeness (QED) is 0.681. The first-order chi connectivity index (χ1) is 11.6. The molecule has 24 heavy (non-hydrogen) atoms. The van der Waals surface area contributed by atoms with Crippen molar-refractivity contribution in [2.24, 2.45) is 0 Å². The maximum Gasteiger partial charge on any atom is 0.346 e. The number of hydrogen-bond donors (Lipinski definition) is 0. The monoisotopic (exact) mass is 347 g/mol. The Labute approximate surface area is 140 Å². The van der Waals surface area contributed by atoms with Crippen LogP contribution in [0.25, 0.3) is 5.78 Å². The predicted molar refractivity (Wildman–Crippen MR) is 86.8 cm³/mol. The lowest BCUT2D eigenvalue weighted by molar-refractivity contribution is 0.201. The fourth-order valence-corrected chi connectivity index (χ4v) is 3.11. The van der Waals surface area contributed by atoms with E-state index in [2.05, 4.69) is 20.1 Å². The van der Waals surface area contributed by atoms with E-state index in [0.717, 1.165) is 4.68 Å². The number of amides is 1. The Morgan fingerprint density at radius 3 is 2.79 bits per heavy atom. The summed E-state index contributed by atoms with van der Waals surface area (Å²) in [5.74, 6) is 0.701. The van der Waals surface area contributed by atoms with Crippen LogP contribution in [-0.4, -0.2) is 57.4 Å². The van der Waals surface area contributed by atoms with Crippen LogP contribution < -0.4 is 0 Å². The van der Waals surface area contributed by atoms with E-state index in [1.807, 2.05) is 20.0 Å². The summed E-state index contributed by atoms with van der Waals surface area (Å²) >= 11 is 0. The molecule has 1 amide bonds. The van der Waals surface area contributed by atoms with Crippen molar-refractivity contribution in [1.82, 2.24) is 34.0 Å². The van der Waals surface area contributed by atoms with Gasteiger partial charge in [-0.05, 0) is 19.9 Å². The van der Waals surface area contributed by atoms with E-state index >= 15 is 0 Å². The average Bonchev–Trinajstić information content (AvgIpc) is 3.22. The Balaban J connectivity index is 1.75. The van der Waals surface area contributed by atoms with E-state index < -0.39 is 10.8 Å². The zero-order valence-corrected chi connectivity index (χ0v) is 14.2. The normalized spacial score (nSPS) is 12.4. The van der Waals surface area contributed by atoms with Gasteiger partial charge in [-0.2, -0.15) is 4.68 Å². The highest BCUT2D eigenvalue weighted by molar-refractivity contribution is 7.84. The minimum absolute atomic E-state index is 0.112. The Hall–Kier alpha value is -2.62. The highest BCUT2D eigenvalue weighted by Gasteiger charge is 2.18. The van der Waals surface area contributed by atoms with Crippen LogP contribution in [0, 0.1) is 0 Å². The summed E-state index contributed by atoms with van der Waals surface area (Å²) in [6.45, 7) is 4.91.